The Morgan fingerprint density at radius 3 is 2.55 bits per heavy atom. The van der Waals surface area contributed by atoms with Crippen LogP contribution in [0.25, 0.3) is 0 Å². The van der Waals surface area contributed by atoms with E-state index in [2.05, 4.69) is 0 Å². The molecule has 0 aromatic rings. The van der Waals surface area contributed by atoms with Crippen LogP contribution >= 0.6 is 0 Å². The van der Waals surface area contributed by atoms with Crippen LogP contribution in [-0.4, -0.2) is 73.8 Å². The van der Waals surface area contributed by atoms with Gasteiger partial charge < -0.3 is 25.2 Å². The predicted molar refractivity (Wildman–Crippen MR) is 96.4 cm³/mol. The molecule has 4 unspecified atom stereocenters. The first-order valence-corrected chi connectivity index (χ1v) is 10.6. The fourth-order valence-electron chi connectivity index (χ4n) is 8.14. The van der Waals surface area contributed by atoms with E-state index < -0.39 is 70.2 Å². The molecule has 1 aliphatic heterocycles. The number of Topliss-reactive ketones (excluding diaryl/α,β-unsaturated/α-hetero) is 2. The highest BCUT2D eigenvalue weighted by molar-refractivity contribution is 5.90. The Hall–Kier alpha value is -0.930. The van der Waals surface area contributed by atoms with Gasteiger partial charge in [0.25, 0.3) is 0 Å². The minimum atomic E-state index is -2.23. The molecule has 29 heavy (non-hydrogen) atoms. The van der Waals surface area contributed by atoms with Crippen LogP contribution in [0.1, 0.15) is 52.4 Å². The Bertz CT molecular complexity index is 804. The maximum Gasteiger partial charge on any atom is 0.192 e. The number of aliphatic hydroxyl groups excluding tert-OH is 3. The number of hydrogen-bond acceptors (Lipinski definition) is 7. The molecule has 0 bridgehead atoms. The summed E-state index contributed by atoms with van der Waals surface area (Å²) in [5, 5.41) is 42.4. The van der Waals surface area contributed by atoms with Crippen LogP contribution in [0.5, 0.6) is 0 Å². The predicted octanol–water partition coefficient (Wildman–Crippen LogP) is 0.0557. The molecule has 0 aromatic carbocycles. The molecule has 162 valence electrons. The largest absolute Gasteiger partial charge is 0.390 e. The molecule has 4 aliphatic carbocycles. The minimum absolute atomic E-state index is 0.0149. The molecule has 7 nitrogen and oxygen atoms in total. The van der Waals surface area contributed by atoms with E-state index in [-0.39, 0.29) is 31.5 Å². The molecule has 1 spiro atoms. The van der Waals surface area contributed by atoms with E-state index in [4.69, 9.17) is 4.74 Å². The maximum atomic E-state index is 17.1. The fourth-order valence-corrected chi connectivity index (χ4v) is 8.14. The van der Waals surface area contributed by atoms with Crippen molar-refractivity contribution in [3.8, 4) is 0 Å². The van der Waals surface area contributed by atoms with E-state index in [1.54, 1.807) is 13.8 Å². The van der Waals surface area contributed by atoms with Gasteiger partial charge in [-0.15, -0.1) is 0 Å². The van der Waals surface area contributed by atoms with E-state index in [0.717, 1.165) is 0 Å². The summed E-state index contributed by atoms with van der Waals surface area (Å²) in [4.78, 5) is 24.7. The highest BCUT2D eigenvalue weighted by Gasteiger charge is 2.85. The number of halogens is 1. The van der Waals surface area contributed by atoms with Crippen molar-refractivity contribution in [3.05, 3.63) is 0 Å². The molecule has 0 aromatic heterocycles. The van der Waals surface area contributed by atoms with Crippen LogP contribution in [0.3, 0.4) is 0 Å². The average Bonchev–Trinajstić information content (AvgIpc) is 3.39. The van der Waals surface area contributed by atoms with Gasteiger partial charge in [0.1, 0.15) is 24.0 Å². The van der Waals surface area contributed by atoms with Gasteiger partial charge in [-0.05, 0) is 43.9 Å². The minimum Gasteiger partial charge on any atom is -0.390 e. The van der Waals surface area contributed by atoms with Gasteiger partial charge in [0, 0.05) is 17.3 Å². The van der Waals surface area contributed by atoms with Gasteiger partial charge >= 0.3 is 0 Å². The number of alkyl halides is 1. The zero-order valence-corrected chi connectivity index (χ0v) is 16.7. The van der Waals surface area contributed by atoms with Crippen LogP contribution in [0.2, 0.25) is 0 Å². The van der Waals surface area contributed by atoms with E-state index in [0.29, 0.717) is 12.8 Å². The number of hydrogen-bond donors (Lipinski definition) is 4. The summed E-state index contributed by atoms with van der Waals surface area (Å²) in [6, 6.07) is 0. The first kappa shape index (κ1) is 20.0. The summed E-state index contributed by atoms with van der Waals surface area (Å²) >= 11 is 0. The molecule has 5 aliphatic rings. The lowest BCUT2D eigenvalue weighted by Gasteiger charge is -2.64. The quantitative estimate of drug-likeness (QED) is 0.472. The zero-order valence-electron chi connectivity index (χ0n) is 16.7. The number of carbonyl (C=O) groups excluding carboxylic acids is 2. The first-order chi connectivity index (χ1) is 13.4. The molecule has 8 heteroatoms. The molecule has 1 heterocycles. The fraction of sp³-hybridized carbons (Fsp3) is 0.905. The maximum absolute atomic E-state index is 17.1. The third-order valence-corrected chi connectivity index (χ3v) is 9.81. The van der Waals surface area contributed by atoms with E-state index >= 15 is 4.39 Å². The van der Waals surface area contributed by atoms with E-state index in [1.807, 2.05) is 0 Å². The third kappa shape index (κ3) is 1.84. The van der Waals surface area contributed by atoms with Gasteiger partial charge in [-0.2, -0.15) is 0 Å². The zero-order chi connectivity index (χ0) is 21.2. The van der Waals surface area contributed by atoms with Gasteiger partial charge in [-0.1, -0.05) is 13.8 Å². The van der Waals surface area contributed by atoms with Gasteiger partial charge in [-0.3, -0.25) is 9.59 Å². The number of aliphatic hydroxyl groups is 4. The second-order valence-corrected chi connectivity index (χ2v) is 10.4. The number of fused-ring (bicyclic) bond motifs is 4. The summed E-state index contributed by atoms with van der Waals surface area (Å²) in [7, 11) is 0. The van der Waals surface area contributed by atoms with Crippen molar-refractivity contribution < 1.29 is 39.1 Å². The lowest BCUT2D eigenvalue weighted by molar-refractivity contribution is -0.256. The second kappa shape index (κ2) is 5.46. The van der Waals surface area contributed by atoms with Gasteiger partial charge in [0.05, 0.1) is 12.2 Å². The topological polar surface area (TPSA) is 128 Å². The van der Waals surface area contributed by atoms with Crippen molar-refractivity contribution in [2.45, 2.75) is 87.6 Å². The highest BCUT2D eigenvalue weighted by atomic mass is 19.1. The normalized spacial score (nSPS) is 60.7. The third-order valence-electron chi connectivity index (χ3n) is 9.81. The molecule has 5 rings (SSSR count). The van der Waals surface area contributed by atoms with Crippen molar-refractivity contribution in [2.75, 3.05) is 6.61 Å². The monoisotopic (exact) mass is 412 g/mol. The van der Waals surface area contributed by atoms with Crippen LogP contribution in [-0.2, 0) is 14.3 Å². The lowest BCUT2D eigenvalue weighted by Crippen LogP contribution is -2.73. The Morgan fingerprint density at radius 2 is 1.90 bits per heavy atom. The molecular formula is C21H29FO7. The first-order valence-electron chi connectivity index (χ1n) is 10.6. The summed E-state index contributed by atoms with van der Waals surface area (Å²) in [6.45, 7) is 2.43. The molecule has 10 atom stereocenters. The SMILES string of the molecule is C[C@]12CC(O)[C@@]3(F)[C@@H](CCC45OC4C(=O)CC[C@@]53C)[C@@H]1CC(O)[C@]2(O)C(=O)CO. The van der Waals surface area contributed by atoms with E-state index in [9.17, 15) is 30.0 Å². The summed E-state index contributed by atoms with van der Waals surface area (Å²) in [6.07, 6.45) is -2.45. The number of carbonyl (C=O) groups is 2. The molecule has 4 N–H and O–H groups in total. The van der Waals surface area contributed by atoms with Crippen LogP contribution < -0.4 is 0 Å². The van der Waals surface area contributed by atoms with Crippen molar-refractivity contribution in [1.29, 1.82) is 0 Å². The smallest absolute Gasteiger partial charge is 0.192 e. The standard InChI is InChI=1S/C21H29FO7/c1-17-8-14(26)20(22)10(11(17)7-13(25)21(17,28)15(27)9-23)3-6-19-16(29-19)12(24)4-5-18(19,20)2/h10-11,13-14,16,23,25-26,28H,3-9H2,1-2H3/t10-,11-,13?,14?,16?,17-,18-,19?,20-,21-/m0/s1. The van der Waals surface area contributed by atoms with Crippen LogP contribution in [0.4, 0.5) is 4.39 Å². The van der Waals surface area contributed by atoms with Crippen molar-refractivity contribution in [1.82, 2.24) is 0 Å². The Kier molecular flexibility index (Phi) is 3.76. The lowest BCUT2D eigenvalue weighted by atomic mass is 9.41. The molecular weight excluding hydrogens is 383 g/mol. The summed E-state index contributed by atoms with van der Waals surface area (Å²) in [5.41, 5.74) is -7.50. The van der Waals surface area contributed by atoms with E-state index in [1.165, 1.54) is 0 Å². The van der Waals surface area contributed by atoms with Gasteiger partial charge in [-0.25, -0.2) is 4.39 Å². The molecule has 1 saturated heterocycles. The van der Waals surface area contributed by atoms with Crippen LogP contribution in [0, 0.1) is 22.7 Å². The number of ether oxygens (including phenoxy) is 1. The Balaban J connectivity index is 1.61. The molecule has 5 fully saturated rings. The van der Waals surface area contributed by atoms with Gasteiger partial charge in [0.2, 0.25) is 0 Å². The van der Waals surface area contributed by atoms with Crippen LogP contribution in [0.15, 0.2) is 0 Å². The summed E-state index contributed by atoms with van der Waals surface area (Å²) < 4.78 is 22.9. The second-order valence-electron chi connectivity index (χ2n) is 10.4. The Morgan fingerprint density at radius 1 is 1.21 bits per heavy atom. The number of ketones is 2. The van der Waals surface area contributed by atoms with Crippen molar-refractivity contribution in [2.24, 2.45) is 22.7 Å². The van der Waals surface area contributed by atoms with Crippen molar-refractivity contribution >= 4 is 11.6 Å². The average molecular weight is 412 g/mol. The molecule has 4 saturated carbocycles. The molecule has 0 radical (unpaired) electrons. The Labute approximate surface area is 168 Å². The number of rotatable bonds is 2. The summed E-state index contributed by atoms with van der Waals surface area (Å²) in [5.74, 6) is -2.16. The number of epoxide rings is 1. The van der Waals surface area contributed by atoms with Crippen molar-refractivity contribution in [3.63, 3.8) is 0 Å². The van der Waals surface area contributed by atoms with Gasteiger partial charge in [0.15, 0.2) is 17.2 Å². The molecule has 0 amide bonds. The highest BCUT2D eigenvalue weighted by Crippen LogP contribution is 2.75.